The molecule has 5 rings (SSSR count). The van der Waals surface area contributed by atoms with E-state index < -0.39 is 0 Å². The Labute approximate surface area is 176 Å². The van der Waals surface area contributed by atoms with Crippen LogP contribution in [0.25, 0.3) is 10.8 Å². The fourth-order valence-electron chi connectivity index (χ4n) is 4.29. The number of anilines is 1. The Balaban J connectivity index is 1.38. The van der Waals surface area contributed by atoms with E-state index in [9.17, 15) is 4.79 Å². The van der Waals surface area contributed by atoms with E-state index in [0.29, 0.717) is 17.2 Å². The number of carbonyl (C=O) groups is 1. The average molecular weight is 393 g/mol. The quantitative estimate of drug-likeness (QED) is 0.445. The fourth-order valence-corrected chi connectivity index (χ4v) is 4.29. The molecule has 0 spiro atoms. The molecule has 3 heterocycles. The molecule has 1 atom stereocenters. The minimum atomic E-state index is -0.0898. The Kier molecular flexibility index (Phi) is 4.98. The topological polar surface area (TPSA) is 46.1 Å². The molecule has 4 aromatic rings. The van der Waals surface area contributed by atoms with Crippen molar-refractivity contribution in [3.8, 4) is 0 Å². The zero-order valence-electron chi connectivity index (χ0n) is 16.7. The SMILES string of the molecule is O=C(c1cccnc1)c1cccc(N2CCCC(c3ccc4ccccc4c3)C2)n1. The van der Waals surface area contributed by atoms with Crippen molar-refractivity contribution in [1.82, 2.24) is 9.97 Å². The first kappa shape index (κ1) is 18.5. The van der Waals surface area contributed by atoms with E-state index in [4.69, 9.17) is 4.98 Å². The molecule has 1 unspecified atom stereocenters. The molecule has 1 saturated heterocycles. The molecule has 0 radical (unpaired) electrons. The van der Waals surface area contributed by atoms with Crippen LogP contribution in [-0.4, -0.2) is 28.8 Å². The summed E-state index contributed by atoms with van der Waals surface area (Å²) in [5, 5.41) is 2.56. The molecule has 0 saturated carbocycles. The summed E-state index contributed by atoms with van der Waals surface area (Å²) < 4.78 is 0. The number of benzene rings is 2. The van der Waals surface area contributed by atoms with E-state index in [2.05, 4.69) is 52.3 Å². The molecule has 0 bridgehead atoms. The van der Waals surface area contributed by atoms with Crippen molar-refractivity contribution in [3.63, 3.8) is 0 Å². The molecule has 0 amide bonds. The van der Waals surface area contributed by atoms with E-state index in [-0.39, 0.29) is 5.78 Å². The van der Waals surface area contributed by atoms with Crippen molar-refractivity contribution in [3.05, 3.63) is 102 Å². The number of ketones is 1. The van der Waals surface area contributed by atoms with E-state index >= 15 is 0 Å². The van der Waals surface area contributed by atoms with Crippen LogP contribution in [0.15, 0.2) is 85.2 Å². The van der Waals surface area contributed by atoms with Gasteiger partial charge in [0.2, 0.25) is 5.78 Å². The fraction of sp³-hybridized carbons (Fsp3) is 0.192. The zero-order chi connectivity index (χ0) is 20.3. The second-order valence-electron chi connectivity index (χ2n) is 7.84. The van der Waals surface area contributed by atoms with Crippen molar-refractivity contribution in [2.75, 3.05) is 18.0 Å². The number of rotatable bonds is 4. The monoisotopic (exact) mass is 393 g/mol. The molecule has 1 aliphatic rings. The van der Waals surface area contributed by atoms with Gasteiger partial charge in [-0.25, -0.2) is 4.98 Å². The second-order valence-corrected chi connectivity index (χ2v) is 7.84. The summed E-state index contributed by atoms with van der Waals surface area (Å²) in [4.78, 5) is 23.8. The lowest BCUT2D eigenvalue weighted by Gasteiger charge is -2.34. The van der Waals surface area contributed by atoms with Crippen molar-refractivity contribution in [2.24, 2.45) is 0 Å². The van der Waals surface area contributed by atoms with Gasteiger partial charge < -0.3 is 4.90 Å². The third-order valence-corrected chi connectivity index (χ3v) is 5.88. The van der Waals surface area contributed by atoms with E-state index in [1.807, 2.05) is 12.1 Å². The van der Waals surface area contributed by atoms with Crippen LogP contribution in [0.1, 0.15) is 40.4 Å². The summed E-state index contributed by atoms with van der Waals surface area (Å²) in [6.45, 7) is 1.87. The standard InChI is InChI=1S/C26H23N3O/c30-26(22-8-4-14-27-17-22)24-10-3-11-25(28-24)29-15-5-9-23(18-29)21-13-12-19-6-1-2-7-20(19)16-21/h1-4,6-8,10-14,16-17,23H,5,9,15,18H2. The summed E-state index contributed by atoms with van der Waals surface area (Å²) in [5.74, 6) is 1.24. The molecule has 4 nitrogen and oxygen atoms in total. The van der Waals surface area contributed by atoms with E-state index in [1.165, 1.54) is 22.8 Å². The highest BCUT2D eigenvalue weighted by molar-refractivity contribution is 6.07. The predicted molar refractivity (Wildman–Crippen MR) is 120 cm³/mol. The lowest BCUT2D eigenvalue weighted by atomic mass is 9.89. The van der Waals surface area contributed by atoms with Crippen molar-refractivity contribution in [2.45, 2.75) is 18.8 Å². The summed E-state index contributed by atoms with van der Waals surface area (Å²) in [6, 6.07) is 24.5. The maximum absolute atomic E-state index is 12.8. The van der Waals surface area contributed by atoms with Crippen molar-refractivity contribution >= 4 is 22.4 Å². The number of carbonyl (C=O) groups excluding carboxylic acids is 1. The number of fused-ring (bicyclic) bond motifs is 1. The molecular weight excluding hydrogens is 370 g/mol. The second kappa shape index (κ2) is 8.07. The highest BCUT2D eigenvalue weighted by atomic mass is 16.1. The Morgan fingerprint density at radius 1 is 0.933 bits per heavy atom. The molecule has 1 fully saturated rings. The molecule has 148 valence electrons. The van der Waals surface area contributed by atoms with Gasteiger partial charge in [0.05, 0.1) is 0 Å². The molecular formula is C26H23N3O. The predicted octanol–water partition coefficient (Wildman–Crippen LogP) is 5.24. The minimum Gasteiger partial charge on any atom is -0.356 e. The van der Waals surface area contributed by atoms with Crippen LogP contribution < -0.4 is 4.90 Å². The van der Waals surface area contributed by atoms with Crippen LogP contribution in [0.3, 0.4) is 0 Å². The smallest absolute Gasteiger partial charge is 0.212 e. The first-order valence-electron chi connectivity index (χ1n) is 10.4. The Morgan fingerprint density at radius 2 is 1.83 bits per heavy atom. The van der Waals surface area contributed by atoms with Crippen molar-refractivity contribution in [1.29, 1.82) is 0 Å². The Bertz CT molecular complexity index is 1190. The first-order chi connectivity index (χ1) is 14.8. The van der Waals surface area contributed by atoms with Gasteiger partial charge in [0.25, 0.3) is 0 Å². The third kappa shape index (κ3) is 3.69. The van der Waals surface area contributed by atoms with Gasteiger partial charge in [0.1, 0.15) is 11.5 Å². The Hall–Kier alpha value is -3.53. The van der Waals surface area contributed by atoms with Gasteiger partial charge >= 0.3 is 0 Å². The largest absolute Gasteiger partial charge is 0.356 e. The molecule has 1 aliphatic heterocycles. The highest BCUT2D eigenvalue weighted by Gasteiger charge is 2.23. The molecule has 2 aromatic carbocycles. The molecule has 30 heavy (non-hydrogen) atoms. The van der Waals surface area contributed by atoms with Crippen LogP contribution in [0, 0.1) is 0 Å². The number of piperidine rings is 1. The van der Waals surface area contributed by atoms with Gasteiger partial charge in [-0.3, -0.25) is 9.78 Å². The van der Waals surface area contributed by atoms with Gasteiger partial charge in [0, 0.05) is 37.0 Å². The van der Waals surface area contributed by atoms with Crippen LogP contribution in [0.5, 0.6) is 0 Å². The number of aromatic nitrogens is 2. The normalized spacial score (nSPS) is 16.5. The molecule has 0 N–H and O–H groups in total. The molecule has 0 aliphatic carbocycles. The summed E-state index contributed by atoms with van der Waals surface area (Å²) in [6.07, 6.45) is 5.54. The summed E-state index contributed by atoms with van der Waals surface area (Å²) in [7, 11) is 0. The number of hydrogen-bond acceptors (Lipinski definition) is 4. The summed E-state index contributed by atoms with van der Waals surface area (Å²) >= 11 is 0. The summed E-state index contributed by atoms with van der Waals surface area (Å²) in [5.41, 5.74) is 2.41. The van der Waals surface area contributed by atoms with Crippen LogP contribution in [0.4, 0.5) is 5.82 Å². The van der Waals surface area contributed by atoms with Crippen LogP contribution in [0.2, 0.25) is 0 Å². The van der Waals surface area contributed by atoms with Gasteiger partial charge in [-0.1, -0.05) is 48.5 Å². The zero-order valence-corrected chi connectivity index (χ0v) is 16.7. The molecule has 4 heteroatoms. The van der Waals surface area contributed by atoms with Gasteiger partial charge in [0.15, 0.2) is 0 Å². The van der Waals surface area contributed by atoms with Crippen molar-refractivity contribution < 1.29 is 4.79 Å². The number of nitrogens with zero attached hydrogens (tertiary/aromatic N) is 3. The van der Waals surface area contributed by atoms with Crippen LogP contribution in [-0.2, 0) is 0 Å². The number of pyridine rings is 2. The maximum Gasteiger partial charge on any atom is 0.212 e. The van der Waals surface area contributed by atoms with Gasteiger partial charge in [-0.15, -0.1) is 0 Å². The maximum atomic E-state index is 12.8. The lowest BCUT2D eigenvalue weighted by molar-refractivity contribution is 0.103. The van der Waals surface area contributed by atoms with E-state index in [0.717, 1.165) is 25.3 Å². The number of hydrogen-bond donors (Lipinski definition) is 0. The van der Waals surface area contributed by atoms with Gasteiger partial charge in [-0.2, -0.15) is 0 Å². The van der Waals surface area contributed by atoms with Gasteiger partial charge in [-0.05, 0) is 53.4 Å². The third-order valence-electron chi connectivity index (χ3n) is 5.88. The average Bonchev–Trinajstić information content (AvgIpc) is 2.84. The highest BCUT2D eigenvalue weighted by Crippen LogP contribution is 2.31. The lowest BCUT2D eigenvalue weighted by Crippen LogP contribution is -2.35. The van der Waals surface area contributed by atoms with E-state index in [1.54, 1.807) is 30.6 Å². The Morgan fingerprint density at radius 3 is 2.70 bits per heavy atom. The molecule has 2 aromatic heterocycles. The first-order valence-corrected chi connectivity index (χ1v) is 10.4. The minimum absolute atomic E-state index is 0.0898. The van der Waals surface area contributed by atoms with Crippen LogP contribution >= 0.6 is 0 Å².